The lowest BCUT2D eigenvalue weighted by Crippen LogP contribution is -2.37. The molecule has 1 aromatic heterocycles. The van der Waals surface area contributed by atoms with Gasteiger partial charge in [-0.15, -0.1) is 0 Å². The van der Waals surface area contributed by atoms with Gasteiger partial charge in [0.25, 0.3) is 0 Å². The summed E-state index contributed by atoms with van der Waals surface area (Å²) in [4.78, 5) is 7.06. The molecule has 1 saturated carbocycles. The summed E-state index contributed by atoms with van der Waals surface area (Å²) in [6.07, 6.45) is 5.74. The maximum absolute atomic E-state index is 6.00. The molecule has 18 heavy (non-hydrogen) atoms. The van der Waals surface area contributed by atoms with Gasteiger partial charge in [0.1, 0.15) is 0 Å². The van der Waals surface area contributed by atoms with Crippen molar-refractivity contribution in [3.8, 4) is 0 Å². The van der Waals surface area contributed by atoms with Gasteiger partial charge in [0.15, 0.2) is 0 Å². The molecule has 0 saturated heterocycles. The fourth-order valence-corrected chi connectivity index (χ4v) is 2.41. The Labute approximate surface area is 110 Å². The number of nitrogens with zero attached hydrogens (tertiary/aromatic N) is 2. The molecule has 0 bridgehead atoms. The van der Waals surface area contributed by atoms with Crippen molar-refractivity contribution in [2.75, 3.05) is 13.1 Å². The predicted octanol–water partition coefficient (Wildman–Crippen LogP) is 2.59. The molecule has 0 amide bonds. The molecule has 1 aliphatic rings. The maximum atomic E-state index is 6.00. The summed E-state index contributed by atoms with van der Waals surface area (Å²) < 4.78 is 0. The lowest BCUT2D eigenvalue weighted by molar-refractivity contribution is 0.177. The van der Waals surface area contributed by atoms with Crippen LogP contribution in [0.2, 0.25) is 0 Å². The zero-order chi connectivity index (χ0) is 13.0. The highest BCUT2D eigenvalue weighted by Crippen LogP contribution is 2.33. The minimum atomic E-state index is 0.289. The number of aromatic nitrogens is 1. The number of hydrogen-bond acceptors (Lipinski definition) is 3. The Balaban J connectivity index is 2.07. The third kappa shape index (κ3) is 3.53. The van der Waals surface area contributed by atoms with Crippen LogP contribution in [0.4, 0.5) is 0 Å². The predicted molar refractivity (Wildman–Crippen MR) is 75.2 cm³/mol. The van der Waals surface area contributed by atoms with Crippen LogP contribution in [0.5, 0.6) is 0 Å². The van der Waals surface area contributed by atoms with Gasteiger partial charge in [0, 0.05) is 18.8 Å². The molecule has 1 atom stereocenters. The van der Waals surface area contributed by atoms with Crippen LogP contribution in [0.3, 0.4) is 0 Å². The minimum absolute atomic E-state index is 0.289. The molecule has 1 heterocycles. The second-order valence-corrected chi connectivity index (χ2v) is 5.66. The molecular formula is C15H25N3. The zero-order valence-corrected chi connectivity index (χ0v) is 11.5. The first kappa shape index (κ1) is 13.5. The van der Waals surface area contributed by atoms with E-state index in [-0.39, 0.29) is 6.04 Å². The van der Waals surface area contributed by atoms with Gasteiger partial charge < -0.3 is 5.73 Å². The Kier molecular flexibility index (Phi) is 4.72. The Bertz CT molecular complexity index is 346. The smallest absolute Gasteiger partial charge is 0.0646 e. The van der Waals surface area contributed by atoms with Crippen molar-refractivity contribution in [2.45, 2.75) is 45.2 Å². The van der Waals surface area contributed by atoms with Gasteiger partial charge in [-0.3, -0.25) is 9.88 Å². The highest BCUT2D eigenvalue weighted by molar-refractivity contribution is 5.11. The van der Waals surface area contributed by atoms with E-state index < -0.39 is 0 Å². The normalized spacial score (nSPS) is 17.4. The molecule has 1 fully saturated rings. The molecular weight excluding hydrogens is 222 g/mol. The Morgan fingerprint density at radius 3 is 2.67 bits per heavy atom. The van der Waals surface area contributed by atoms with Crippen LogP contribution in [0, 0.1) is 5.92 Å². The molecule has 100 valence electrons. The summed E-state index contributed by atoms with van der Waals surface area (Å²) in [7, 11) is 0. The standard InChI is InChI=1S/C15H25N3/c1-12(2)8-10-18(13-6-7-13)15(11-16)14-5-3-4-9-17-14/h3-5,9,12-13,15H,6-8,10-11,16H2,1-2H3. The summed E-state index contributed by atoms with van der Waals surface area (Å²) >= 11 is 0. The van der Waals surface area contributed by atoms with Gasteiger partial charge in [0.05, 0.1) is 11.7 Å². The van der Waals surface area contributed by atoms with E-state index >= 15 is 0 Å². The first-order chi connectivity index (χ1) is 8.72. The van der Waals surface area contributed by atoms with E-state index in [4.69, 9.17) is 5.73 Å². The number of nitrogens with two attached hydrogens (primary N) is 1. The van der Waals surface area contributed by atoms with Crippen molar-refractivity contribution in [3.63, 3.8) is 0 Å². The zero-order valence-electron chi connectivity index (χ0n) is 11.5. The lowest BCUT2D eigenvalue weighted by Gasteiger charge is -2.31. The number of hydrogen-bond donors (Lipinski definition) is 1. The van der Waals surface area contributed by atoms with Gasteiger partial charge >= 0.3 is 0 Å². The quantitative estimate of drug-likeness (QED) is 0.805. The molecule has 0 radical (unpaired) electrons. The fraction of sp³-hybridized carbons (Fsp3) is 0.667. The van der Waals surface area contributed by atoms with Crippen LogP contribution in [-0.2, 0) is 0 Å². The van der Waals surface area contributed by atoms with Crippen molar-refractivity contribution in [1.29, 1.82) is 0 Å². The first-order valence-electron chi connectivity index (χ1n) is 7.09. The van der Waals surface area contributed by atoms with E-state index in [9.17, 15) is 0 Å². The average molecular weight is 247 g/mol. The summed E-state index contributed by atoms with van der Waals surface area (Å²) in [5, 5.41) is 0. The van der Waals surface area contributed by atoms with E-state index in [0.29, 0.717) is 6.54 Å². The third-order valence-electron chi connectivity index (χ3n) is 3.63. The van der Waals surface area contributed by atoms with Crippen LogP contribution < -0.4 is 5.73 Å². The van der Waals surface area contributed by atoms with E-state index in [2.05, 4.69) is 35.9 Å². The highest BCUT2D eigenvalue weighted by Gasteiger charge is 2.34. The largest absolute Gasteiger partial charge is 0.329 e. The van der Waals surface area contributed by atoms with E-state index in [0.717, 1.165) is 24.2 Å². The van der Waals surface area contributed by atoms with Crippen molar-refractivity contribution < 1.29 is 0 Å². The molecule has 3 nitrogen and oxygen atoms in total. The Hall–Kier alpha value is -0.930. The summed E-state index contributed by atoms with van der Waals surface area (Å²) in [5.41, 5.74) is 7.12. The van der Waals surface area contributed by atoms with Crippen molar-refractivity contribution >= 4 is 0 Å². The molecule has 0 aliphatic heterocycles. The molecule has 1 unspecified atom stereocenters. The Morgan fingerprint density at radius 2 is 2.17 bits per heavy atom. The molecule has 1 aliphatic carbocycles. The summed E-state index contributed by atoms with van der Waals surface area (Å²) in [5.74, 6) is 0.744. The van der Waals surface area contributed by atoms with Crippen LogP contribution in [0.1, 0.15) is 44.8 Å². The van der Waals surface area contributed by atoms with Gasteiger partial charge in [-0.05, 0) is 43.9 Å². The van der Waals surface area contributed by atoms with Crippen molar-refractivity contribution in [3.05, 3.63) is 30.1 Å². The van der Waals surface area contributed by atoms with Crippen LogP contribution in [-0.4, -0.2) is 29.0 Å². The van der Waals surface area contributed by atoms with E-state index in [1.807, 2.05) is 12.3 Å². The van der Waals surface area contributed by atoms with E-state index in [1.54, 1.807) is 0 Å². The van der Waals surface area contributed by atoms with Crippen LogP contribution in [0.25, 0.3) is 0 Å². The first-order valence-corrected chi connectivity index (χ1v) is 7.09. The topological polar surface area (TPSA) is 42.1 Å². The van der Waals surface area contributed by atoms with Crippen LogP contribution in [0.15, 0.2) is 24.4 Å². The number of pyridine rings is 1. The number of rotatable bonds is 7. The fourth-order valence-electron chi connectivity index (χ4n) is 2.41. The molecule has 0 aromatic carbocycles. The molecule has 0 spiro atoms. The molecule has 3 heteroatoms. The molecule has 2 rings (SSSR count). The Morgan fingerprint density at radius 1 is 1.39 bits per heavy atom. The maximum Gasteiger partial charge on any atom is 0.0646 e. The average Bonchev–Trinajstić information content (AvgIpc) is 3.19. The molecule has 2 N–H and O–H groups in total. The van der Waals surface area contributed by atoms with E-state index in [1.165, 1.54) is 19.3 Å². The molecule has 1 aromatic rings. The van der Waals surface area contributed by atoms with Crippen LogP contribution >= 0.6 is 0 Å². The lowest BCUT2D eigenvalue weighted by atomic mass is 10.1. The van der Waals surface area contributed by atoms with Gasteiger partial charge in [0.2, 0.25) is 0 Å². The summed E-state index contributed by atoms with van der Waals surface area (Å²) in [6, 6.07) is 7.14. The van der Waals surface area contributed by atoms with Crippen molar-refractivity contribution in [1.82, 2.24) is 9.88 Å². The minimum Gasteiger partial charge on any atom is -0.329 e. The van der Waals surface area contributed by atoms with Gasteiger partial charge in [-0.2, -0.15) is 0 Å². The second-order valence-electron chi connectivity index (χ2n) is 5.66. The monoisotopic (exact) mass is 247 g/mol. The van der Waals surface area contributed by atoms with Crippen molar-refractivity contribution in [2.24, 2.45) is 11.7 Å². The summed E-state index contributed by atoms with van der Waals surface area (Å²) in [6.45, 7) is 6.36. The highest BCUT2D eigenvalue weighted by atomic mass is 15.2. The van der Waals surface area contributed by atoms with Gasteiger partial charge in [-0.25, -0.2) is 0 Å². The third-order valence-corrected chi connectivity index (χ3v) is 3.63. The second kappa shape index (κ2) is 6.30. The SMILES string of the molecule is CC(C)CCN(C1CC1)C(CN)c1ccccn1. The van der Waals surface area contributed by atoms with Gasteiger partial charge in [-0.1, -0.05) is 19.9 Å².